The Morgan fingerprint density at radius 2 is 1.73 bits per heavy atom. The molecule has 0 bridgehead atoms. The summed E-state index contributed by atoms with van der Waals surface area (Å²) in [5.41, 5.74) is 1.75. The number of ether oxygens (including phenoxy) is 1. The highest BCUT2D eigenvalue weighted by Gasteiger charge is 2.10. The predicted molar refractivity (Wildman–Crippen MR) is 103 cm³/mol. The normalized spacial score (nSPS) is 10.5. The number of methoxy groups -OCH3 is 1. The molecule has 0 atom stereocenters. The van der Waals surface area contributed by atoms with Crippen LogP contribution in [0, 0.1) is 0 Å². The largest absolute Gasteiger partial charge is 0.497 e. The van der Waals surface area contributed by atoms with Gasteiger partial charge in [-0.25, -0.2) is 4.68 Å². The molecule has 3 aromatic rings. The Labute approximate surface area is 155 Å². The maximum absolute atomic E-state index is 12.5. The van der Waals surface area contributed by atoms with E-state index in [1.165, 1.54) is 10.7 Å². The number of benzene rings is 2. The molecule has 0 aliphatic heterocycles. The maximum Gasteiger partial charge on any atom is 0.267 e. The topological polar surface area (TPSA) is 61.2 Å². The van der Waals surface area contributed by atoms with Crippen LogP contribution in [0.25, 0.3) is 11.3 Å². The van der Waals surface area contributed by atoms with Crippen molar-refractivity contribution in [3.63, 3.8) is 0 Å². The van der Waals surface area contributed by atoms with Crippen LogP contribution in [0.2, 0.25) is 0 Å². The van der Waals surface area contributed by atoms with Crippen molar-refractivity contribution >= 4 is 17.5 Å². The highest BCUT2D eigenvalue weighted by molar-refractivity contribution is 7.98. The zero-order valence-corrected chi connectivity index (χ0v) is 15.3. The Hall–Kier alpha value is -2.86. The number of Topliss-reactive ketones (excluding diaryl/α,β-unsaturated/α-hetero) is 1. The van der Waals surface area contributed by atoms with Crippen LogP contribution in [0.3, 0.4) is 0 Å². The third kappa shape index (κ3) is 4.03. The fourth-order valence-electron chi connectivity index (χ4n) is 2.48. The molecule has 2 aromatic carbocycles. The van der Waals surface area contributed by atoms with Gasteiger partial charge in [0.1, 0.15) is 12.3 Å². The third-order valence-electron chi connectivity index (χ3n) is 3.96. The molecule has 0 N–H and O–H groups in total. The van der Waals surface area contributed by atoms with Crippen molar-refractivity contribution in [3.8, 4) is 17.0 Å². The van der Waals surface area contributed by atoms with E-state index >= 15 is 0 Å². The average Bonchev–Trinajstić information content (AvgIpc) is 2.69. The third-order valence-corrected chi connectivity index (χ3v) is 4.70. The lowest BCUT2D eigenvalue weighted by atomic mass is 10.1. The first kappa shape index (κ1) is 17.9. The van der Waals surface area contributed by atoms with Crippen LogP contribution in [0.15, 0.2) is 70.4 Å². The highest BCUT2D eigenvalue weighted by Crippen LogP contribution is 2.20. The van der Waals surface area contributed by atoms with E-state index in [1.54, 1.807) is 49.2 Å². The van der Waals surface area contributed by atoms with E-state index in [2.05, 4.69) is 5.10 Å². The Kier molecular flexibility index (Phi) is 5.53. The molecule has 26 heavy (non-hydrogen) atoms. The number of carbonyl (C=O) groups excluding carboxylic acids is 1. The van der Waals surface area contributed by atoms with Gasteiger partial charge in [-0.1, -0.05) is 12.1 Å². The summed E-state index contributed by atoms with van der Waals surface area (Å²) in [6, 6.07) is 17.8. The molecular formula is C20H18N2O3S. The smallest absolute Gasteiger partial charge is 0.267 e. The predicted octanol–water partition coefficient (Wildman–Crippen LogP) is 3.52. The summed E-state index contributed by atoms with van der Waals surface area (Å²) < 4.78 is 6.29. The van der Waals surface area contributed by atoms with Crippen molar-refractivity contribution in [1.29, 1.82) is 0 Å². The van der Waals surface area contributed by atoms with Gasteiger partial charge in [-0.15, -0.1) is 11.8 Å². The zero-order valence-electron chi connectivity index (χ0n) is 14.5. The summed E-state index contributed by atoms with van der Waals surface area (Å²) in [5, 5.41) is 4.35. The Bertz CT molecular complexity index is 964. The number of thioether (sulfide) groups is 1. The van der Waals surface area contributed by atoms with E-state index in [0.29, 0.717) is 17.0 Å². The van der Waals surface area contributed by atoms with Gasteiger partial charge in [-0.05, 0) is 48.7 Å². The first-order valence-corrected chi connectivity index (χ1v) is 9.23. The fourth-order valence-corrected chi connectivity index (χ4v) is 2.89. The molecule has 0 saturated heterocycles. The molecule has 0 aliphatic rings. The van der Waals surface area contributed by atoms with Gasteiger partial charge in [0.25, 0.3) is 5.56 Å². The fraction of sp³-hybridized carbons (Fsp3) is 0.150. The monoisotopic (exact) mass is 366 g/mol. The Morgan fingerprint density at radius 1 is 1.04 bits per heavy atom. The first-order valence-electron chi connectivity index (χ1n) is 8.00. The molecule has 5 nitrogen and oxygen atoms in total. The van der Waals surface area contributed by atoms with Crippen molar-refractivity contribution in [1.82, 2.24) is 9.78 Å². The summed E-state index contributed by atoms with van der Waals surface area (Å²) >= 11 is 1.66. The van der Waals surface area contributed by atoms with E-state index in [0.717, 1.165) is 10.5 Å². The minimum Gasteiger partial charge on any atom is -0.497 e. The van der Waals surface area contributed by atoms with Crippen LogP contribution >= 0.6 is 11.8 Å². The summed E-state index contributed by atoms with van der Waals surface area (Å²) in [7, 11) is 1.57. The highest BCUT2D eigenvalue weighted by atomic mass is 32.2. The van der Waals surface area contributed by atoms with E-state index in [9.17, 15) is 9.59 Å². The number of aromatic nitrogens is 2. The van der Waals surface area contributed by atoms with Crippen LogP contribution in [0.4, 0.5) is 0 Å². The lowest BCUT2D eigenvalue weighted by molar-refractivity contribution is 0.0966. The molecule has 3 rings (SSSR count). The lowest BCUT2D eigenvalue weighted by Gasteiger charge is -2.08. The average molecular weight is 366 g/mol. The summed E-state index contributed by atoms with van der Waals surface area (Å²) in [5.74, 6) is 0.490. The van der Waals surface area contributed by atoms with Gasteiger partial charge >= 0.3 is 0 Å². The van der Waals surface area contributed by atoms with Crippen molar-refractivity contribution in [2.45, 2.75) is 11.4 Å². The summed E-state index contributed by atoms with van der Waals surface area (Å²) in [6.07, 6.45) is 2.01. The van der Waals surface area contributed by atoms with Crippen LogP contribution in [-0.2, 0) is 6.54 Å². The second-order valence-electron chi connectivity index (χ2n) is 5.59. The van der Waals surface area contributed by atoms with Gasteiger partial charge in [-0.3, -0.25) is 9.59 Å². The molecule has 0 spiro atoms. The standard InChI is InChI=1S/C20H18N2O3S/c1-25-16-7-3-15(4-8-16)19(23)13-22-20(24)12-11-18(21-22)14-5-9-17(26-2)10-6-14/h3-12H,13H2,1-2H3. The van der Waals surface area contributed by atoms with E-state index in [-0.39, 0.29) is 17.9 Å². The SMILES string of the molecule is COc1ccc(C(=O)Cn2nc(-c3ccc(SC)cc3)ccc2=O)cc1. The minimum atomic E-state index is -0.309. The first-order chi connectivity index (χ1) is 12.6. The molecule has 0 fully saturated rings. The molecule has 0 radical (unpaired) electrons. The number of rotatable bonds is 6. The van der Waals surface area contributed by atoms with Crippen LogP contribution in [-0.4, -0.2) is 28.9 Å². The minimum absolute atomic E-state index is 0.109. The molecule has 1 aromatic heterocycles. The Morgan fingerprint density at radius 3 is 2.35 bits per heavy atom. The second kappa shape index (κ2) is 8.01. The van der Waals surface area contributed by atoms with Crippen LogP contribution < -0.4 is 10.3 Å². The van der Waals surface area contributed by atoms with Gasteiger partial charge in [-0.2, -0.15) is 5.10 Å². The van der Waals surface area contributed by atoms with Gasteiger partial charge in [0.15, 0.2) is 5.78 Å². The number of nitrogens with zero attached hydrogens (tertiary/aromatic N) is 2. The molecule has 0 unspecified atom stereocenters. The van der Waals surface area contributed by atoms with Crippen LogP contribution in [0.1, 0.15) is 10.4 Å². The zero-order chi connectivity index (χ0) is 18.5. The van der Waals surface area contributed by atoms with Gasteiger partial charge in [0.05, 0.1) is 12.8 Å². The second-order valence-corrected chi connectivity index (χ2v) is 6.47. The van der Waals surface area contributed by atoms with Crippen molar-refractivity contribution < 1.29 is 9.53 Å². The number of ketones is 1. The number of hydrogen-bond acceptors (Lipinski definition) is 5. The van der Waals surface area contributed by atoms with Crippen molar-refractivity contribution in [3.05, 3.63) is 76.6 Å². The van der Waals surface area contributed by atoms with E-state index in [1.807, 2.05) is 30.5 Å². The van der Waals surface area contributed by atoms with Gasteiger partial charge in [0, 0.05) is 22.1 Å². The van der Waals surface area contributed by atoms with E-state index in [4.69, 9.17) is 4.74 Å². The maximum atomic E-state index is 12.5. The molecule has 6 heteroatoms. The molecular weight excluding hydrogens is 348 g/mol. The number of hydrogen-bond donors (Lipinski definition) is 0. The van der Waals surface area contributed by atoms with Crippen molar-refractivity contribution in [2.24, 2.45) is 0 Å². The lowest BCUT2D eigenvalue weighted by Crippen LogP contribution is -2.26. The van der Waals surface area contributed by atoms with Gasteiger partial charge in [0.2, 0.25) is 0 Å². The molecule has 0 saturated carbocycles. The molecule has 132 valence electrons. The van der Waals surface area contributed by atoms with Gasteiger partial charge < -0.3 is 4.74 Å². The summed E-state index contributed by atoms with van der Waals surface area (Å²) in [6.45, 7) is -0.109. The molecule has 0 aliphatic carbocycles. The molecule has 0 amide bonds. The molecule has 1 heterocycles. The quantitative estimate of drug-likeness (QED) is 0.493. The number of carbonyl (C=O) groups is 1. The van der Waals surface area contributed by atoms with Crippen LogP contribution in [0.5, 0.6) is 5.75 Å². The Balaban J connectivity index is 1.84. The van der Waals surface area contributed by atoms with E-state index < -0.39 is 0 Å². The van der Waals surface area contributed by atoms with Crippen molar-refractivity contribution in [2.75, 3.05) is 13.4 Å². The summed E-state index contributed by atoms with van der Waals surface area (Å²) in [4.78, 5) is 25.7.